The molecule has 0 radical (unpaired) electrons. The summed E-state index contributed by atoms with van der Waals surface area (Å²) in [6.07, 6.45) is -1.43. The van der Waals surface area contributed by atoms with Gasteiger partial charge in [-0.05, 0) is 35.6 Å². The summed E-state index contributed by atoms with van der Waals surface area (Å²) in [5.74, 6) is 0.637. The zero-order valence-electron chi connectivity index (χ0n) is 23.2. The summed E-state index contributed by atoms with van der Waals surface area (Å²) in [6, 6.07) is 23.4. The Morgan fingerprint density at radius 2 is 1.66 bits per heavy atom. The summed E-state index contributed by atoms with van der Waals surface area (Å²) < 4.78 is 45.7. The van der Waals surface area contributed by atoms with Gasteiger partial charge >= 0.3 is 6.09 Å². The molecule has 1 aliphatic carbocycles. The van der Waals surface area contributed by atoms with E-state index in [1.807, 2.05) is 74.5 Å². The third kappa shape index (κ3) is 6.50. The van der Waals surface area contributed by atoms with E-state index in [1.165, 1.54) is 16.4 Å². The van der Waals surface area contributed by atoms with Gasteiger partial charge in [-0.2, -0.15) is 4.31 Å². The molecule has 41 heavy (non-hydrogen) atoms. The highest BCUT2D eigenvalue weighted by Gasteiger charge is 2.61. The quantitative estimate of drug-likeness (QED) is 0.347. The Kier molecular flexibility index (Phi) is 8.53. The molecule has 10 heteroatoms. The van der Waals surface area contributed by atoms with Crippen LogP contribution in [0.5, 0.6) is 11.5 Å². The molecule has 2 unspecified atom stereocenters. The molecule has 1 aliphatic heterocycles. The Morgan fingerprint density at radius 1 is 1.00 bits per heavy atom. The molecule has 1 amide bonds. The SMILES string of the molecule is CC(C)CN(C[C@@H](O)C1(NC(=O)OCc2ccccc2)CC1c1ccccc1)S(=O)(=O)c1ccc2c(c1)OCCO2. The predicted molar refractivity (Wildman–Crippen MR) is 153 cm³/mol. The monoisotopic (exact) mass is 580 g/mol. The number of benzene rings is 3. The first kappa shape index (κ1) is 28.9. The molecule has 9 nitrogen and oxygen atoms in total. The van der Waals surface area contributed by atoms with Crippen molar-refractivity contribution in [1.82, 2.24) is 9.62 Å². The van der Waals surface area contributed by atoms with E-state index in [4.69, 9.17) is 14.2 Å². The van der Waals surface area contributed by atoms with Crippen LogP contribution in [0.25, 0.3) is 0 Å². The molecule has 2 N–H and O–H groups in total. The van der Waals surface area contributed by atoms with Crippen LogP contribution in [0.4, 0.5) is 4.79 Å². The summed E-state index contributed by atoms with van der Waals surface area (Å²) >= 11 is 0. The number of nitrogens with zero attached hydrogens (tertiary/aromatic N) is 1. The van der Waals surface area contributed by atoms with Gasteiger partial charge < -0.3 is 24.6 Å². The van der Waals surface area contributed by atoms with Gasteiger partial charge in [-0.15, -0.1) is 0 Å². The zero-order chi connectivity index (χ0) is 29.0. The molecule has 218 valence electrons. The van der Waals surface area contributed by atoms with Crippen molar-refractivity contribution in [2.24, 2.45) is 5.92 Å². The maximum absolute atomic E-state index is 13.9. The van der Waals surface area contributed by atoms with Gasteiger partial charge in [0.1, 0.15) is 19.8 Å². The summed E-state index contributed by atoms with van der Waals surface area (Å²) in [7, 11) is -4.02. The van der Waals surface area contributed by atoms with Gasteiger partial charge in [-0.25, -0.2) is 13.2 Å². The van der Waals surface area contributed by atoms with Crippen molar-refractivity contribution < 1.29 is 32.5 Å². The molecular weight excluding hydrogens is 544 g/mol. The smallest absolute Gasteiger partial charge is 0.408 e. The molecule has 3 aromatic rings. The lowest BCUT2D eigenvalue weighted by molar-refractivity contribution is 0.0763. The van der Waals surface area contributed by atoms with Crippen LogP contribution >= 0.6 is 0 Å². The number of carbonyl (C=O) groups excluding carboxylic acids is 1. The molecule has 1 fully saturated rings. The molecule has 0 saturated heterocycles. The van der Waals surface area contributed by atoms with Gasteiger partial charge in [0.25, 0.3) is 0 Å². The number of aliphatic hydroxyl groups is 1. The lowest BCUT2D eigenvalue weighted by Gasteiger charge is -2.31. The number of sulfonamides is 1. The van der Waals surface area contributed by atoms with Crippen LogP contribution in [0, 0.1) is 5.92 Å². The third-order valence-electron chi connectivity index (χ3n) is 7.44. The number of aliphatic hydroxyl groups excluding tert-OH is 1. The minimum Gasteiger partial charge on any atom is -0.486 e. The molecule has 1 saturated carbocycles. The number of ether oxygens (including phenoxy) is 3. The first-order valence-electron chi connectivity index (χ1n) is 13.8. The first-order chi connectivity index (χ1) is 19.7. The van der Waals surface area contributed by atoms with Crippen LogP contribution in [0.3, 0.4) is 0 Å². The van der Waals surface area contributed by atoms with E-state index in [0.717, 1.165) is 11.1 Å². The van der Waals surface area contributed by atoms with Crippen LogP contribution in [-0.2, 0) is 21.4 Å². The van der Waals surface area contributed by atoms with Crippen molar-refractivity contribution >= 4 is 16.1 Å². The largest absolute Gasteiger partial charge is 0.486 e. The second-order valence-electron chi connectivity index (χ2n) is 10.9. The Bertz CT molecular complexity index is 1450. The minimum absolute atomic E-state index is 0.0157. The van der Waals surface area contributed by atoms with Gasteiger partial charge in [-0.3, -0.25) is 0 Å². The van der Waals surface area contributed by atoms with E-state index in [2.05, 4.69) is 5.32 Å². The molecule has 3 aromatic carbocycles. The van der Waals surface area contributed by atoms with E-state index in [-0.39, 0.29) is 36.4 Å². The predicted octanol–water partition coefficient (Wildman–Crippen LogP) is 4.32. The third-order valence-corrected chi connectivity index (χ3v) is 9.27. The highest BCUT2D eigenvalue weighted by molar-refractivity contribution is 7.89. The van der Waals surface area contributed by atoms with E-state index in [0.29, 0.717) is 31.1 Å². The van der Waals surface area contributed by atoms with Gasteiger partial charge in [0.05, 0.1) is 16.5 Å². The van der Waals surface area contributed by atoms with Gasteiger partial charge in [0, 0.05) is 25.1 Å². The van der Waals surface area contributed by atoms with Crippen LogP contribution in [0.15, 0.2) is 83.8 Å². The maximum Gasteiger partial charge on any atom is 0.408 e. The molecular formula is C31H36N2O7S. The normalized spacial score (nSPS) is 20.5. The highest BCUT2D eigenvalue weighted by atomic mass is 32.2. The summed E-state index contributed by atoms with van der Waals surface area (Å²) in [4.78, 5) is 13.0. The topological polar surface area (TPSA) is 114 Å². The number of hydrogen-bond acceptors (Lipinski definition) is 7. The van der Waals surface area contributed by atoms with Crippen molar-refractivity contribution in [2.45, 2.75) is 49.3 Å². The van der Waals surface area contributed by atoms with Crippen molar-refractivity contribution in [3.05, 3.63) is 90.0 Å². The Balaban J connectivity index is 1.38. The number of carbonyl (C=O) groups is 1. The van der Waals surface area contributed by atoms with Crippen molar-refractivity contribution in [2.75, 3.05) is 26.3 Å². The minimum atomic E-state index is -4.02. The van der Waals surface area contributed by atoms with Crippen molar-refractivity contribution in [3.63, 3.8) is 0 Å². The lowest BCUT2D eigenvalue weighted by atomic mass is 10.0. The Hall–Kier alpha value is -3.60. The molecule has 5 rings (SSSR count). The maximum atomic E-state index is 13.9. The summed E-state index contributed by atoms with van der Waals surface area (Å²) in [5, 5.41) is 14.6. The number of hydrogen-bond donors (Lipinski definition) is 2. The molecule has 0 spiro atoms. The van der Waals surface area contributed by atoms with Crippen molar-refractivity contribution in [1.29, 1.82) is 0 Å². The summed E-state index contributed by atoms with van der Waals surface area (Å²) in [6.45, 7) is 4.61. The molecule has 0 bridgehead atoms. The standard InChI is InChI=1S/C31H36N2O7S/c1-22(2)19-33(41(36,37)25-13-14-27-28(17-25)39-16-15-38-27)20-29(34)31(18-26(31)24-11-7-4-8-12-24)32-30(35)40-21-23-9-5-3-6-10-23/h3-14,17,22,26,29,34H,15-16,18-21H2,1-2H3,(H,32,35)/t26?,29-,31?/m1/s1. The summed E-state index contributed by atoms with van der Waals surface area (Å²) in [5.41, 5.74) is 0.688. The zero-order valence-corrected chi connectivity index (χ0v) is 24.0. The van der Waals surface area contributed by atoms with Crippen LogP contribution in [0.2, 0.25) is 0 Å². The molecule has 3 atom stereocenters. The number of amides is 1. The van der Waals surface area contributed by atoms with Gasteiger partial charge in [-0.1, -0.05) is 74.5 Å². The van der Waals surface area contributed by atoms with Gasteiger partial charge in [0.15, 0.2) is 11.5 Å². The molecule has 0 aromatic heterocycles. The Labute approximate surface area is 241 Å². The highest BCUT2D eigenvalue weighted by Crippen LogP contribution is 2.54. The van der Waals surface area contributed by atoms with Crippen LogP contribution in [0.1, 0.15) is 37.3 Å². The lowest BCUT2D eigenvalue weighted by Crippen LogP contribution is -2.53. The van der Waals surface area contributed by atoms with Crippen molar-refractivity contribution in [3.8, 4) is 11.5 Å². The van der Waals surface area contributed by atoms with Gasteiger partial charge in [0.2, 0.25) is 10.0 Å². The van der Waals surface area contributed by atoms with E-state index in [9.17, 15) is 18.3 Å². The average Bonchev–Trinajstić information content (AvgIpc) is 3.71. The Morgan fingerprint density at radius 3 is 2.34 bits per heavy atom. The average molecular weight is 581 g/mol. The second-order valence-corrected chi connectivity index (χ2v) is 12.9. The fourth-order valence-electron chi connectivity index (χ4n) is 5.29. The number of nitrogens with one attached hydrogen (secondary N) is 1. The fraction of sp³-hybridized carbons (Fsp3) is 0.387. The number of alkyl carbamates (subject to hydrolysis) is 1. The van der Waals surface area contributed by atoms with E-state index in [1.54, 1.807) is 6.07 Å². The van der Waals surface area contributed by atoms with E-state index >= 15 is 0 Å². The molecule has 2 aliphatic rings. The second kappa shape index (κ2) is 12.1. The first-order valence-corrected chi connectivity index (χ1v) is 15.2. The number of fused-ring (bicyclic) bond motifs is 1. The van der Waals surface area contributed by atoms with Crippen LogP contribution < -0.4 is 14.8 Å². The molecule has 1 heterocycles. The number of rotatable bonds is 11. The fourth-order valence-corrected chi connectivity index (χ4v) is 6.91. The van der Waals surface area contributed by atoms with Crippen LogP contribution in [-0.4, -0.2) is 61.9 Å². The van der Waals surface area contributed by atoms with E-state index < -0.39 is 27.8 Å².